The molecule has 0 radical (unpaired) electrons. The first-order valence-corrected chi connectivity index (χ1v) is 8.81. The molecule has 0 amide bonds. The fourth-order valence-corrected chi connectivity index (χ4v) is 2.66. The molecule has 7 nitrogen and oxygen atoms in total. The van der Waals surface area contributed by atoms with Crippen molar-refractivity contribution in [2.75, 3.05) is 19.8 Å². The van der Waals surface area contributed by atoms with Crippen molar-refractivity contribution in [2.24, 2.45) is 0 Å². The van der Waals surface area contributed by atoms with E-state index in [9.17, 15) is 18.0 Å². The maximum absolute atomic E-state index is 11.8. The first-order chi connectivity index (χ1) is 10.9. The van der Waals surface area contributed by atoms with Crippen LogP contribution >= 0.6 is 0 Å². The average molecular weight is 343 g/mol. The second-order valence-corrected chi connectivity index (χ2v) is 6.44. The summed E-state index contributed by atoms with van der Waals surface area (Å²) in [7, 11) is -3.57. The Balaban J connectivity index is 2.56. The highest BCUT2D eigenvalue weighted by Gasteiger charge is 2.15. The number of sulfonamides is 1. The van der Waals surface area contributed by atoms with Gasteiger partial charge in [-0.2, -0.15) is 0 Å². The maximum Gasteiger partial charge on any atom is 0.344 e. The smallest absolute Gasteiger partial charge is 0.344 e. The fourth-order valence-electron chi connectivity index (χ4n) is 1.62. The normalized spacial score (nSPS) is 11.0. The summed E-state index contributed by atoms with van der Waals surface area (Å²) in [6, 6.07) is 5.26. The molecule has 1 aromatic rings. The Morgan fingerprint density at radius 2 is 1.74 bits per heavy atom. The highest BCUT2D eigenvalue weighted by molar-refractivity contribution is 7.89. The molecule has 0 aromatic heterocycles. The molecule has 23 heavy (non-hydrogen) atoms. The van der Waals surface area contributed by atoms with Gasteiger partial charge in [-0.05, 0) is 30.7 Å². The van der Waals surface area contributed by atoms with Gasteiger partial charge in [-0.1, -0.05) is 20.3 Å². The third kappa shape index (κ3) is 6.37. The lowest BCUT2D eigenvalue weighted by Crippen LogP contribution is -2.23. The van der Waals surface area contributed by atoms with Crippen molar-refractivity contribution >= 4 is 22.0 Å². The number of carbonyl (C=O) groups is 2. The molecule has 0 spiro atoms. The van der Waals surface area contributed by atoms with E-state index in [-0.39, 0.29) is 17.0 Å². The van der Waals surface area contributed by atoms with Crippen LogP contribution in [0.25, 0.3) is 0 Å². The van der Waals surface area contributed by atoms with Crippen LogP contribution < -0.4 is 4.72 Å². The van der Waals surface area contributed by atoms with Crippen LogP contribution in [-0.2, 0) is 24.3 Å². The molecule has 0 bridgehead atoms. The first kappa shape index (κ1) is 19.1. The van der Waals surface area contributed by atoms with Crippen LogP contribution in [0.1, 0.15) is 37.0 Å². The van der Waals surface area contributed by atoms with Crippen LogP contribution in [0.5, 0.6) is 0 Å². The largest absolute Gasteiger partial charge is 0.463 e. The number of unbranched alkanes of at least 4 members (excludes halogenated alkanes) is 1. The van der Waals surface area contributed by atoms with Crippen molar-refractivity contribution in [3.8, 4) is 0 Å². The summed E-state index contributed by atoms with van der Waals surface area (Å²) in [6.07, 6.45) is 1.65. The summed E-state index contributed by atoms with van der Waals surface area (Å²) in [5, 5.41) is 0. The summed E-state index contributed by atoms with van der Waals surface area (Å²) < 4.78 is 35.5. The molecule has 0 aliphatic carbocycles. The number of rotatable bonds is 9. The molecule has 0 saturated heterocycles. The zero-order valence-corrected chi connectivity index (χ0v) is 14.0. The van der Waals surface area contributed by atoms with Crippen LogP contribution in [0.3, 0.4) is 0 Å². The number of hydrogen-bond donors (Lipinski definition) is 1. The predicted octanol–water partition coefficient (Wildman–Crippen LogP) is 1.48. The number of ether oxygens (including phenoxy) is 2. The molecular formula is C15H21NO6S. The Hall–Kier alpha value is -1.93. The monoisotopic (exact) mass is 343 g/mol. The lowest BCUT2D eigenvalue weighted by molar-refractivity contribution is -0.147. The summed E-state index contributed by atoms with van der Waals surface area (Å²) in [4.78, 5) is 23.1. The van der Waals surface area contributed by atoms with Crippen LogP contribution in [0.15, 0.2) is 29.2 Å². The zero-order valence-electron chi connectivity index (χ0n) is 13.2. The van der Waals surface area contributed by atoms with Crippen LogP contribution in [0.2, 0.25) is 0 Å². The van der Waals surface area contributed by atoms with Crippen molar-refractivity contribution in [1.82, 2.24) is 4.72 Å². The molecule has 1 aromatic carbocycles. The van der Waals surface area contributed by atoms with Gasteiger partial charge in [0.05, 0.1) is 17.1 Å². The van der Waals surface area contributed by atoms with Gasteiger partial charge in [-0.25, -0.2) is 22.7 Å². The van der Waals surface area contributed by atoms with Crippen LogP contribution in [-0.4, -0.2) is 40.1 Å². The third-order valence-electron chi connectivity index (χ3n) is 2.82. The van der Waals surface area contributed by atoms with Gasteiger partial charge in [0.25, 0.3) is 0 Å². The van der Waals surface area contributed by atoms with E-state index < -0.39 is 28.6 Å². The first-order valence-electron chi connectivity index (χ1n) is 7.33. The molecule has 0 saturated carbocycles. The number of esters is 2. The van der Waals surface area contributed by atoms with Crippen molar-refractivity contribution in [3.63, 3.8) is 0 Å². The summed E-state index contributed by atoms with van der Waals surface area (Å²) >= 11 is 0. The van der Waals surface area contributed by atoms with Crippen LogP contribution in [0.4, 0.5) is 0 Å². The van der Waals surface area contributed by atoms with Gasteiger partial charge in [-0.3, -0.25) is 0 Å². The highest BCUT2D eigenvalue weighted by atomic mass is 32.2. The standard InChI is InChI=1S/C15H21NO6S/c1-3-5-10-21-14(17)11-22-15(18)12-6-8-13(9-7-12)23(19,20)16-4-2/h6-9,16H,3-5,10-11H2,1-2H3. The van der Waals surface area contributed by atoms with Gasteiger partial charge in [0.2, 0.25) is 10.0 Å². The molecule has 0 aliphatic rings. The van der Waals surface area contributed by atoms with Crippen molar-refractivity contribution < 1.29 is 27.5 Å². The van der Waals surface area contributed by atoms with Crippen molar-refractivity contribution in [3.05, 3.63) is 29.8 Å². The Labute approximate surface area is 136 Å². The number of carbonyl (C=O) groups excluding carboxylic acids is 2. The van der Waals surface area contributed by atoms with E-state index in [0.29, 0.717) is 6.61 Å². The lowest BCUT2D eigenvalue weighted by Gasteiger charge is -2.07. The van der Waals surface area contributed by atoms with Crippen molar-refractivity contribution in [1.29, 1.82) is 0 Å². The molecule has 8 heteroatoms. The second-order valence-electron chi connectivity index (χ2n) is 4.68. The molecule has 128 valence electrons. The highest BCUT2D eigenvalue weighted by Crippen LogP contribution is 2.11. The maximum atomic E-state index is 11.8. The molecular weight excluding hydrogens is 322 g/mol. The molecule has 0 fully saturated rings. The molecule has 1 rings (SSSR count). The molecule has 0 unspecified atom stereocenters. The van der Waals surface area contributed by atoms with E-state index in [1.54, 1.807) is 6.92 Å². The minimum absolute atomic E-state index is 0.0508. The minimum Gasteiger partial charge on any atom is -0.463 e. The topological polar surface area (TPSA) is 98.8 Å². The van der Waals surface area contributed by atoms with Gasteiger partial charge in [0.1, 0.15) is 0 Å². The zero-order chi connectivity index (χ0) is 17.3. The Morgan fingerprint density at radius 1 is 1.09 bits per heavy atom. The lowest BCUT2D eigenvalue weighted by atomic mass is 10.2. The van der Waals surface area contributed by atoms with Crippen molar-refractivity contribution in [2.45, 2.75) is 31.6 Å². The van der Waals surface area contributed by atoms with E-state index in [1.165, 1.54) is 24.3 Å². The molecule has 0 aliphatic heterocycles. The Bertz CT molecular complexity index is 624. The fraction of sp³-hybridized carbons (Fsp3) is 0.467. The predicted molar refractivity (Wildman–Crippen MR) is 83.5 cm³/mol. The van der Waals surface area contributed by atoms with Gasteiger partial charge < -0.3 is 9.47 Å². The second kappa shape index (κ2) is 9.26. The summed E-state index contributed by atoms with van der Waals surface area (Å²) in [5.74, 6) is -1.33. The quantitative estimate of drug-likeness (QED) is 0.539. The Morgan fingerprint density at radius 3 is 2.30 bits per heavy atom. The number of benzene rings is 1. The third-order valence-corrected chi connectivity index (χ3v) is 4.38. The van der Waals surface area contributed by atoms with Gasteiger partial charge in [-0.15, -0.1) is 0 Å². The Kier molecular flexibility index (Phi) is 7.70. The van der Waals surface area contributed by atoms with E-state index in [2.05, 4.69) is 4.72 Å². The van der Waals surface area contributed by atoms with E-state index in [0.717, 1.165) is 12.8 Å². The van der Waals surface area contributed by atoms with Gasteiger partial charge in [0.15, 0.2) is 6.61 Å². The summed E-state index contributed by atoms with van der Waals surface area (Å²) in [6.45, 7) is 3.73. The van der Waals surface area contributed by atoms with E-state index in [1.807, 2.05) is 6.92 Å². The average Bonchev–Trinajstić information content (AvgIpc) is 2.53. The van der Waals surface area contributed by atoms with Crippen LogP contribution in [0, 0.1) is 0 Å². The number of nitrogens with one attached hydrogen (secondary N) is 1. The summed E-state index contributed by atoms with van der Waals surface area (Å²) in [5.41, 5.74) is 0.154. The molecule has 0 atom stereocenters. The molecule has 0 heterocycles. The molecule has 1 N–H and O–H groups in total. The van der Waals surface area contributed by atoms with E-state index in [4.69, 9.17) is 9.47 Å². The number of hydrogen-bond acceptors (Lipinski definition) is 6. The van der Waals surface area contributed by atoms with Gasteiger partial charge >= 0.3 is 11.9 Å². The van der Waals surface area contributed by atoms with Gasteiger partial charge in [0, 0.05) is 6.54 Å². The minimum atomic E-state index is -3.57. The van der Waals surface area contributed by atoms with E-state index >= 15 is 0 Å². The SMILES string of the molecule is CCCCOC(=O)COC(=O)c1ccc(S(=O)(=O)NCC)cc1.